The lowest BCUT2D eigenvalue weighted by Gasteiger charge is -2.17. The first-order valence-electron chi connectivity index (χ1n) is 6.54. The number of rotatable bonds is 3. The second-order valence-corrected chi connectivity index (χ2v) is 4.95. The van der Waals surface area contributed by atoms with Crippen LogP contribution < -0.4 is 15.5 Å². The molecule has 1 aromatic rings. The maximum absolute atomic E-state index is 11.7. The number of amides is 3. The molecule has 5 nitrogen and oxygen atoms in total. The number of urea groups is 1. The Morgan fingerprint density at radius 2 is 2.16 bits per heavy atom. The molecule has 1 fully saturated rings. The smallest absolute Gasteiger partial charge is 0.319 e. The Morgan fingerprint density at radius 1 is 1.37 bits per heavy atom. The number of carbonyl (C=O) groups excluding carboxylic acids is 2. The minimum atomic E-state index is -0.236. The summed E-state index contributed by atoms with van der Waals surface area (Å²) in [6, 6.07) is 7.21. The zero-order valence-corrected chi connectivity index (χ0v) is 11.3. The molecular formula is C14H19N3O2. The summed E-state index contributed by atoms with van der Waals surface area (Å²) in [5.74, 6) is 0.142. The molecule has 2 N–H and O–H groups in total. The molecule has 19 heavy (non-hydrogen) atoms. The molecule has 0 bridgehead atoms. The molecule has 1 aromatic carbocycles. The van der Waals surface area contributed by atoms with Crippen LogP contribution in [0.1, 0.15) is 26.7 Å². The zero-order chi connectivity index (χ0) is 13.8. The minimum Gasteiger partial charge on any atom is -0.336 e. The number of hydrogen-bond donors (Lipinski definition) is 2. The van der Waals surface area contributed by atoms with Crippen molar-refractivity contribution in [3.63, 3.8) is 0 Å². The summed E-state index contributed by atoms with van der Waals surface area (Å²) in [6.45, 7) is 4.55. The van der Waals surface area contributed by atoms with Crippen molar-refractivity contribution in [1.82, 2.24) is 5.32 Å². The molecule has 1 heterocycles. The molecule has 0 radical (unpaired) electrons. The molecule has 0 atom stereocenters. The zero-order valence-electron chi connectivity index (χ0n) is 11.3. The van der Waals surface area contributed by atoms with E-state index in [-0.39, 0.29) is 18.0 Å². The summed E-state index contributed by atoms with van der Waals surface area (Å²) in [5.41, 5.74) is 1.53. The number of anilines is 2. The van der Waals surface area contributed by atoms with Crippen LogP contribution in [0.25, 0.3) is 0 Å². The predicted molar refractivity (Wildman–Crippen MR) is 75.3 cm³/mol. The Hall–Kier alpha value is -2.04. The van der Waals surface area contributed by atoms with Gasteiger partial charge in [0.05, 0.1) is 0 Å². The van der Waals surface area contributed by atoms with E-state index < -0.39 is 0 Å². The fraction of sp³-hybridized carbons (Fsp3) is 0.429. The molecular weight excluding hydrogens is 242 g/mol. The molecule has 3 amide bonds. The van der Waals surface area contributed by atoms with Crippen LogP contribution in [0.5, 0.6) is 0 Å². The van der Waals surface area contributed by atoms with Gasteiger partial charge in [-0.05, 0) is 38.5 Å². The van der Waals surface area contributed by atoms with Crippen molar-refractivity contribution < 1.29 is 9.59 Å². The molecule has 5 heteroatoms. The highest BCUT2D eigenvalue weighted by atomic mass is 16.2. The van der Waals surface area contributed by atoms with Crippen molar-refractivity contribution >= 4 is 23.3 Å². The second kappa shape index (κ2) is 5.73. The molecule has 1 aliphatic heterocycles. The lowest BCUT2D eigenvalue weighted by atomic mass is 10.2. The van der Waals surface area contributed by atoms with Gasteiger partial charge in [0.1, 0.15) is 0 Å². The summed E-state index contributed by atoms with van der Waals surface area (Å²) in [5, 5.41) is 5.52. The van der Waals surface area contributed by atoms with Gasteiger partial charge in [-0.25, -0.2) is 4.79 Å². The highest BCUT2D eigenvalue weighted by Crippen LogP contribution is 2.24. The summed E-state index contributed by atoms with van der Waals surface area (Å²) in [6.07, 6.45) is 1.50. The monoisotopic (exact) mass is 261 g/mol. The fourth-order valence-corrected chi connectivity index (χ4v) is 2.10. The Balaban J connectivity index is 2.07. The van der Waals surface area contributed by atoms with Crippen LogP contribution in [-0.2, 0) is 4.79 Å². The topological polar surface area (TPSA) is 61.4 Å². The van der Waals surface area contributed by atoms with Gasteiger partial charge < -0.3 is 15.5 Å². The molecule has 0 aliphatic carbocycles. The molecule has 0 unspecified atom stereocenters. The van der Waals surface area contributed by atoms with Gasteiger partial charge in [-0.15, -0.1) is 0 Å². The molecule has 0 saturated carbocycles. The average molecular weight is 261 g/mol. The van der Waals surface area contributed by atoms with Crippen LogP contribution in [0.3, 0.4) is 0 Å². The molecule has 2 rings (SSSR count). The van der Waals surface area contributed by atoms with Crippen LogP contribution in [0.2, 0.25) is 0 Å². The van der Waals surface area contributed by atoms with E-state index in [1.54, 1.807) is 4.90 Å². The van der Waals surface area contributed by atoms with Gasteiger partial charge in [0.15, 0.2) is 0 Å². The SMILES string of the molecule is CC(C)NC(=O)Nc1cccc(N2CCCC2=O)c1. The van der Waals surface area contributed by atoms with E-state index >= 15 is 0 Å². The van der Waals surface area contributed by atoms with Crippen LogP contribution in [0, 0.1) is 0 Å². The average Bonchev–Trinajstić information content (AvgIpc) is 2.74. The van der Waals surface area contributed by atoms with Gasteiger partial charge in [-0.1, -0.05) is 6.07 Å². The first-order valence-corrected chi connectivity index (χ1v) is 6.54. The lowest BCUT2D eigenvalue weighted by Crippen LogP contribution is -2.34. The Bertz CT molecular complexity index is 485. The molecule has 1 aliphatic rings. The quantitative estimate of drug-likeness (QED) is 0.877. The Morgan fingerprint density at radius 3 is 2.79 bits per heavy atom. The van der Waals surface area contributed by atoms with E-state index in [0.29, 0.717) is 12.1 Å². The number of nitrogens with one attached hydrogen (secondary N) is 2. The number of carbonyl (C=O) groups is 2. The van der Waals surface area contributed by atoms with E-state index in [2.05, 4.69) is 10.6 Å². The summed E-state index contributed by atoms with van der Waals surface area (Å²) >= 11 is 0. The van der Waals surface area contributed by atoms with Crippen molar-refractivity contribution in [3.05, 3.63) is 24.3 Å². The maximum Gasteiger partial charge on any atom is 0.319 e. The molecule has 0 aromatic heterocycles. The third-order valence-corrected chi connectivity index (χ3v) is 2.91. The number of nitrogens with zero attached hydrogens (tertiary/aromatic N) is 1. The van der Waals surface area contributed by atoms with Crippen molar-refractivity contribution in [2.45, 2.75) is 32.7 Å². The summed E-state index contributed by atoms with van der Waals surface area (Å²) in [7, 11) is 0. The first kappa shape index (κ1) is 13.4. The standard InChI is InChI=1S/C14H19N3O2/c1-10(2)15-14(19)16-11-5-3-6-12(9-11)17-8-4-7-13(17)18/h3,5-6,9-10H,4,7-8H2,1-2H3,(H2,15,16,19). The van der Waals surface area contributed by atoms with Crippen LogP contribution in [0.15, 0.2) is 24.3 Å². The van der Waals surface area contributed by atoms with Gasteiger partial charge >= 0.3 is 6.03 Å². The Kier molecular flexibility index (Phi) is 4.04. The second-order valence-electron chi connectivity index (χ2n) is 4.95. The van der Waals surface area contributed by atoms with Gasteiger partial charge in [-0.2, -0.15) is 0 Å². The van der Waals surface area contributed by atoms with Gasteiger partial charge in [-0.3, -0.25) is 4.79 Å². The summed E-state index contributed by atoms with van der Waals surface area (Å²) < 4.78 is 0. The van der Waals surface area contributed by atoms with Gasteiger partial charge in [0.2, 0.25) is 5.91 Å². The lowest BCUT2D eigenvalue weighted by molar-refractivity contribution is -0.117. The van der Waals surface area contributed by atoms with E-state index in [4.69, 9.17) is 0 Å². The molecule has 0 spiro atoms. The van der Waals surface area contributed by atoms with E-state index in [1.165, 1.54) is 0 Å². The maximum atomic E-state index is 11.7. The highest BCUT2D eigenvalue weighted by Gasteiger charge is 2.21. The number of benzene rings is 1. The Labute approximate surface area is 113 Å². The third-order valence-electron chi connectivity index (χ3n) is 2.91. The van der Waals surface area contributed by atoms with Gasteiger partial charge in [0, 0.05) is 30.4 Å². The third kappa shape index (κ3) is 3.47. The van der Waals surface area contributed by atoms with Crippen LogP contribution >= 0.6 is 0 Å². The largest absolute Gasteiger partial charge is 0.336 e. The molecule has 1 saturated heterocycles. The number of hydrogen-bond acceptors (Lipinski definition) is 2. The van der Waals surface area contributed by atoms with Crippen molar-refractivity contribution in [3.8, 4) is 0 Å². The van der Waals surface area contributed by atoms with Crippen molar-refractivity contribution in [1.29, 1.82) is 0 Å². The normalized spacial score (nSPS) is 14.9. The fourth-order valence-electron chi connectivity index (χ4n) is 2.10. The van der Waals surface area contributed by atoms with E-state index in [9.17, 15) is 9.59 Å². The van der Waals surface area contributed by atoms with Crippen LogP contribution in [0.4, 0.5) is 16.2 Å². The van der Waals surface area contributed by atoms with Crippen molar-refractivity contribution in [2.24, 2.45) is 0 Å². The highest BCUT2D eigenvalue weighted by molar-refractivity contribution is 5.96. The minimum absolute atomic E-state index is 0.0864. The first-order chi connectivity index (χ1) is 9.06. The molecule has 102 valence electrons. The van der Waals surface area contributed by atoms with E-state index in [0.717, 1.165) is 18.7 Å². The van der Waals surface area contributed by atoms with E-state index in [1.807, 2.05) is 38.1 Å². The van der Waals surface area contributed by atoms with Crippen molar-refractivity contribution in [2.75, 3.05) is 16.8 Å². The van der Waals surface area contributed by atoms with Crippen LogP contribution in [-0.4, -0.2) is 24.5 Å². The predicted octanol–water partition coefficient (Wildman–Crippen LogP) is 2.34. The summed E-state index contributed by atoms with van der Waals surface area (Å²) in [4.78, 5) is 25.1. The van der Waals surface area contributed by atoms with Gasteiger partial charge in [0.25, 0.3) is 0 Å².